The molecule has 0 radical (unpaired) electrons. The van der Waals surface area contributed by atoms with Gasteiger partial charge in [0.15, 0.2) is 23.5 Å². The van der Waals surface area contributed by atoms with Gasteiger partial charge in [0, 0.05) is 0 Å². The summed E-state index contributed by atoms with van der Waals surface area (Å²) in [4.78, 5) is 25.4. The van der Waals surface area contributed by atoms with Crippen molar-refractivity contribution in [2.24, 2.45) is 4.99 Å². The molecule has 1 aliphatic heterocycles. The number of carbonyl (C=O) groups is 2. The van der Waals surface area contributed by atoms with Crippen molar-refractivity contribution < 1.29 is 19.1 Å². The molecule has 0 amide bonds. The highest BCUT2D eigenvalue weighted by molar-refractivity contribution is 5.99. The van der Waals surface area contributed by atoms with Gasteiger partial charge in [0.1, 0.15) is 0 Å². The summed E-state index contributed by atoms with van der Waals surface area (Å²) >= 11 is 0. The van der Waals surface area contributed by atoms with Crippen LogP contribution in [0.3, 0.4) is 0 Å². The van der Waals surface area contributed by atoms with E-state index in [2.05, 4.69) is 11.6 Å². The van der Waals surface area contributed by atoms with E-state index < -0.39 is 5.54 Å². The van der Waals surface area contributed by atoms with Crippen molar-refractivity contribution in [3.05, 3.63) is 12.3 Å². The van der Waals surface area contributed by atoms with Crippen LogP contribution in [0.1, 0.15) is 20.3 Å². The maximum atomic E-state index is 11.2. The Bertz CT molecular complexity index is 330. The number of carbonyl (C=O) groups excluding carboxylic acids is 2. The van der Waals surface area contributed by atoms with Crippen molar-refractivity contribution in [1.29, 1.82) is 0 Å². The van der Waals surface area contributed by atoms with Crippen LogP contribution < -0.4 is 0 Å². The molecular formula is C10H13NO4. The second-order valence-corrected chi connectivity index (χ2v) is 3.64. The molecule has 0 spiro atoms. The number of cyclic esters (lactones) is 1. The third kappa shape index (κ3) is 2.90. The van der Waals surface area contributed by atoms with Crippen LogP contribution in [0.25, 0.3) is 0 Å². The molecule has 15 heavy (non-hydrogen) atoms. The quantitative estimate of drug-likeness (QED) is 0.292. The van der Waals surface area contributed by atoms with Gasteiger partial charge in [0.05, 0.1) is 13.0 Å². The fourth-order valence-corrected chi connectivity index (χ4v) is 1.02. The van der Waals surface area contributed by atoms with E-state index in [1.54, 1.807) is 13.8 Å². The third-order valence-electron chi connectivity index (χ3n) is 1.85. The number of allylic oxidation sites excluding steroid dienone is 1. The van der Waals surface area contributed by atoms with Gasteiger partial charge in [0.25, 0.3) is 0 Å². The number of ether oxygens (including phenoxy) is 2. The van der Waals surface area contributed by atoms with Crippen LogP contribution in [0.4, 0.5) is 0 Å². The molecule has 0 N–H and O–H groups in total. The predicted molar refractivity (Wildman–Crippen MR) is 53.4 cm³/mol. The SMILES string of the molecule is C=C(C=O)OCCC1=NC(C)(C)C(=O)O1. The van der Waals surface area contributed by atoms with Crippen LogP contribution in [0.2, 0.25) is 0 Å². The van der Waals surface area contributed by atoms with E-state index in [9.17, 15) is 9.59 Å². The smallest absolute Gasteiger partial charge is 0.340 e. The lowest BCUT2D eigenvalue weighted by atomic mass is 10.1. The molecule has 0 unspecified atom stereocenters. The lowest BCUT2D eigenvalue weighted by molar-refractivity contribution is -0.138. The van der Waals surface area contributed by atoms with Crippen molar-refractivity contribution in [2.45, 2.75) is 25.8 Å². The molecule has 5 heteroatoms. The van der Waals surface area contributed by atoms with E-state index in [-0.39, 0.29) is 18.3 Å². The maximum Gasteiger partial charge on any atom is 0.340 e. The lowest BCUT2D eigenvalue weighted by Gasteiger charge is -2.05. The zero-order chi connectivity index (χ0) is 11.5. The molecule has 1 heterocycles. The Hall–Kier alpha value is -1.65. The minimum atomic E-state index is -0.809. The zero-order valence-corrected chi connectivity index (χ0v) is 8.78. The monoisotopic (exact) mass is 211 g/mol. The molecule has 0 saturated carbocycles. The maximum absolute atomic E-state index is 11.2. The van der Waals surface area contributed by atoms with Gasteiger partial charge >= 0.3 is 5.97 Å². The molecule has 0 aromatic heterocycles. The summed E-state index contributed by atoms with van der Waals surface area (Å²) < 4.78 is 9.83. The highest BCUT2D eigenvalue weighted by Crippen LogP contribution is 2.19. The Morgan fingerprint density at radius 3 is 2.80 bits per heavy atom. The Kier molecular flexibility index (Phi) is 3.24. The highest BCUT2D eigenvalue weighted by atomic mass is 16.6. The largest absolute Gasteiger partial charge is 0.490 e. The number of rotatable bonds is 5. The molecule has 0 saturated heterocycles. The van der Waals surface area contributed by atoms with Gasteiger partial charge in [-0.05, 0) is 13.8 Å². The standard InChI is InChI=1S/C10H13NO4/c1-7(6-12)14-5-4-8-11-10(2,3)9(13)15-8/h6H,1,4-5H2,2-3H3. The average molecular weight is 211 g/mol. The van der Waals surface area contributed by atoms with Crippen LogP contribution in [-0.4, -0.2) is 30.3 Å². The van der Waals surface area contributed by atoms with Gasteiger partial charge in [-0.2, -0.15) is 0 Å². The van der Waals surface area contributed by atoms with Crippen LogP contribution in [0, 0.1) is 0 Å². The number of esters is 1. The summed E-state index contributed by atoms with van der Waals surface area (Å²) in [5, 5.41) is 0. The Morgan fingerprint density at radius 2 is 2.33 bits per heavy atom. The van der Waals surface area contributed by atoms with Crippen molar-refractivity contribution >= 4 is 18.2 Å². The normalized spacial score (nSPS) is 18.0. The highest BCUT2D eigenvalue weighted by Gasteiger charge is 2.36. The molecule has 0 aromatic rings. The Labute approximate surface area is 87.8 Å². The van der Waals surface area contributed by atoms with Gasteiger partial charge in [-0.15, -0.1) is 0 Å². The summed E-state index contributed by atoms with van der Waals surface area (Å²) in [5.41, 5.74) is -0.809. The van der Waals surface area contributed by atoms with E-state index in [4.69, 9.17) is 9.47 Å². The summed E-state index contributed by atoms with van der Waals surface area (Å²) in [6.07, 6.45) is 0.869. The molecule has 82 valence electrons. The van der Waals surface area contributed by atoms with Crippen LogP contribution >= 0.6 is 0 Å². The molecule has 1 rings (SSSR count). The first-order valence-electron chi connectivity index (χ1n) is 4.53. The van der Waals surface area contributed by atoms with Crippen LogP contribution in [0.15, 0.2) is 17.3 Å². The second-order valence-electron chi connectivity index (χ2n) is 3.64. The fraction of sp³-hybridized carbons (Fsp3) is 0.500. The molecule has 0 atom stereocenters. The fourth-order valence-electron chi connectivity index (χ4n) is 1.02. The molecule has 0 bridgehead atoms. The summed E-state index contributed by atoms with van der Waals surface area (Å²) in [6.45, 7) is 6.91. The summed E-state index contributed by atoms with van der Waals surface area (Å²) in [6, 6.07) is 0. The second kappa shape index (κ2) is 4.25. The van der Waals surface area contributed by atoms with Gasteiger partial charge in [-0.3, -0.25) is 4.79 Å². The van der Waals surface area contributed by atoms with Crippen molar-refractivity contribution in [3.63, 3.8) is 0 Å². The van der Waals surface area contributed by atoms with Crippen molar-refractivity contribution in [2.75, 3.05) is 6.61 Å². The minimum Gasteiger partial charge on any atom is -0.490 e. The van der Waals surface area contributed by atoms with E-state index in [0.717, 1.165) is 0 Å². The lowest BCUT2D eigenvalue weighted by Crippen LogP contribution is -2.25. The summed E-state index contributed by atoms with van der Waals surface area (Å²) in [7, 11) is 0. The minimum absolute atomic E-state index is 0.0548. The topological polar surface area (TPSA) is 65.0 Å². The molecular weight excluding hydrogens is 198 g/mol. The first kappa shape index (κ1) is 11.4. The summed E-state index contributed by atoms with van der Waals surface area (Å²) in [5.74, 6) is 0.0228. The van der Waals surface area contributed by atoms with Gasteiger partial charge in [-0.25, -0.2) is 9.79 Å². The predicted octanol–water partition coefficient (Wildman–Crippen LogP) is 0.840. The number of aldehydes is 1. The molecule has 0 fully saturated rings. The molecule has 0 aliphatic carbocycles. The Morgan fingerprint density at radius 1 is 1.67 bits per heavy atom. The third-order valence-corrected chi connectivity index (χ3v) is 1.85. The molecule has 5 nitrogen and oxygen atoms in total. The van der Waals surface area contributed by atoms with E-state index in [1.165, 1.54) is 0 Å². The number of nitrogens with zero attached hydrogens (tertiary/aromatic N) is 1. The van der Waals surface area contributed by atoms with E-state index >= 15 is 0 Å². The molecule has 0 aromatic carbocycles. The number of aliphatic imine (C=N–C) groups is 1. The first-order chi connectivity index (χ1) is 6.95. The average Bonchev–Trinajstić information content (AvgIpc) is 2.40. The molecule has 1 aliphatic rings. The zero-order valence-electron chi connectivity index (χ0n) is 8.78. The van der Waals surface area contributed by atoms with Crippen molar-refractivity contribution in [1.82, 2.24) is 0 Å². The van der Waals surface area contributed by atoms with Crippen LogP contribution in [0.5, 0.6) is 0 Å². The van der Waals surface area contributed by atoms with Gasteiger partial charge in [0.2, 0.25) is 0 Å². The van der Waals surface area contributed by atoms with E-state index in [0.29, 0.717) is 18.6 Å². The van der Waals surface area contributed by atoms with Gasteiger partial charge in [-0.1, -0.05) is 6.58 Å². The Balaban J connectivity index is 2.39. The van der Waals surface area contributed by atoms with E-state index in [1.807, 2.05) is 0 Å². The number of hydrogen-bond acceptors (Lipinski definition) is 5. The van der Waals surface area contributed by atoms with Gasteiger partial charge < -0.3 is 9.47 Å². The van der Waals surface area contributed by atoms with Crippen molar-refractivity contribution in [3.8, 4) is 0 Å². The first-order valence-corrected chi connectivity index (χ1v) is 4.53. The number of hydrogen-bond donors (Lipinski definition) is 0. The van der Waals surface area contributed by atoms with Crippen LogP contribution in [-0.2, 0) is 19.1 Å².